The van der Waals surface area contributed by atoms with Gasteiger partial charge in [-0.3, -0.25) is 4.99 Å². The van der Waals surface area contributed by atoms with Crippen LogP contribution in [0.15, 0.2) is 29.3 Å². The van der Waals surface area contributed by atoms with Crippen molar-refractivity contribution in [1.29, 1.82) is 0 Å². The molecule has 1 aromatic carbocycles. The molecule has 0 unspecified atom stereocenters. The van der Waals surface area contributed by atoms with Gasteiger partial charge in [0.15, 0.2) is 5.96 Å². The maximum atomic E-state index is 13.0. The first-order valence-electron chi connectivity index (χ1n) is 6.90. The highest BCUT2D eigenvalue weighted by Crippen LogP contribution is 2.48. The summed E-state index contributed by atoms with van der Waals surface area (Å²) in [4.78, 5) is 6.62. The topological polar surface area (TPSA) is 41.6 Å². The molecule has 0 spiro atoms. The summed E-state index contributed by atoms with van der Waals surface area (Å²) >= 11 is 0. The number of hydrogen-bond donors (Lipinski definition) is 1. The zero-order valence-corrected chi connectivity index (χ0v) is 11.3. The van der Waals surface area contributed by atoms with E-state index in [0.29, 0.717) is 18.5 Å². The summed E-state index contributed by atoms with van der Waals surface area (Å²) in [5.74, 6) is 0.451. The largest absolute Gasteiger partial charge is 0.370 e. The van der Waals surface area contributed by atoms with Crippen molar-refractivity contribution in [2.75, 3.05) is 13.6 Å². The molecule has 0 bridgehead atoms. The van der Waals surface area contributed by atoms with E-state index >= 15 is 0 Å². The summed E-state index contributed by atoms with van der Waals surface area (Å²) < 4.78 is 13.0. The minimum atomic E-state index is -0.184. The summed E-state index contributed by atoms with van der Waals surface area (Å²) in [6, 6.07) is 7.39. The standard InChI is InChI=1S/C15H20FN3/c1-19(13-6-7-13)14(17)18-10-15(8-9-15)11-2-4-12(16)5-3-11/h2-5,13H,6-10H2,1H3,(H2,17,18). The molecule has 0 radical (unpaired) electrons. The van der Waals surface area contributed by atoms with Gasteiger partial charge in [-0.05, 0) is 43.4 Å². The van der Waals surface area contributed by atoms with Crippen LogP contribution in [0.25, 0.3) is 0 Å². The van der Waals surface area contributed by atoms with Crippen LogP contribution in [-0.2, 0) is 5.41 Å². The molecule has 102 valence electrons. The molecule has 0 aliphatic heterocycles. The third-order valence-electron chi connectivity index (χ3n) is 4.31. The lowest BCUT2D eigenvalue weighted by Crippen LogP contribution is -2.36. The molecule has 3 rings (SSSR count). The number of benzene rings is 1. The van der Waals surface area contributed by atoms with E-state index in [1.54, 1.807) is 0 Å². The smallest absolute Gasteiger partial charge is 0.191 e. The van der Waals surface area contributed by atoms with Crippen molar-refractivity contribution in [2.24, 2.45) is 10.7 Å². The van der Waals surface area contributed by atoms with Gasteiger partial charge < -0.3 is 10.6 Å². The van der Waals surface area contributed by atoms with Crippen molar-refractivity contribution in [3.63, 3.8) is 0 Å². The highest BCUT2D eigenvalue weighted by Gasteiger charge is 2.44. The molecule has 19 heavy (non-hydrogen) atoms. The number of guanidine groups is 1. The Kier molecular flexibility index (Phi) is 2.96. The van der Waals surface area contributed by atoms with Gasteiger partial charge in [0.05, 0.1) is 6.54 Å². The van der Waals surface area contributed by atoms with Gasteiger partial charge in [-0.1, -0.05) is 12.1 Å². The minimum absolute atomic E-state index is 0.0999. The fraction of sp³-hybridized carbons (Fsp3) is 0.533. The van der Waals surface area contributed by atoms with Gasteiger partial charge in [0, 0.05) is 18.5 Å². The SMILES string of the molecule is CN(C(N)=NCC1(c2ccc(F)cc2)CC1)C1CC1. The Labute approximate surface area is 113 Å². The minimum Gasteiger partial charge on any atom is -0.370 e. The Morgan fingerprint density at radius 1 is 1.37 bits per heavy atom. The number of rotatable bonds is 4. The molecular formula is C15H20FN3. The Morgan fingerprint density at radius 2 is 2.00 bits per heavy atom. The van der Waals surface area contributed by atoms with E-state index in [-0.39, 0.29) is 11.2 Å². The van der Waals surface area contributed by atoms with Crippen LogP contribution in [0.5, 0.6) is 0 Å². The van der Waals surface area contributed by atoms with Crippen LogP contribution in [0.3, 0.4) is 0 Å². The highest BCUT2D eigenvalue weighted by molar-refractivity contribution is 5.78. The van der Waals surface area contributed by atoms with Crippen molar-refractivity contribution < 1.29 is 4.39 Å². The maximum Gasteiger partial charge on any atom is 0.191 e. The molecule has 1 aromatic rings. The second kappa shape index (κ2) is 4.51. The molecule has 4 heteroatoms. The average molecular weight is 261 g/mol. The van der Waals surface area contributed by atoms with Gasteiger partial charge in [-0.25, -0.2) is 4.39 Å². The van der Waals surface area contributed by atoms with Crippen LogP contribution in [0.1, 0.15) is 31.2 Å². The quantitative estimate of drug-likeness (QED) is 0.667. The Hall–Kier alpha value is -1.58. The van der Waals surface area contributed by atoms with Crippen LogP contribution in [0.4, 0.5) is 4.39 Å². The second-order valence-corrected chi connectivity index (χ2v) is 5.80. The Morgan fingerprint density at radius 3 is 2.53 bits per heavy atom. The van der Waals surface area contributed by atoms with Gasteiger partial charge in [0.2, 0.25) is 0 Å². The molecule has 3 nitrogen and oxygen atoms in total. The van der Waals surface area contributed by atoms with Crippen molar-refractivity contribution in [3.8, 4) is 0 Å². The molecule has 0 atom stereocenters. The van der Waals surface area contributed by atoms with E-state index in [1.165, 1.54) is 30.5 Å². The van der Waals surface area contributed by atoms with E-state index in [9.17, 15) is 4.39 Å². The second-order valence-electron chi connectivity index (χ2n) is 5.80. The lowest BCUT2D eigenvalue weighted by atomic mass is 9.96. The number of halogens is 1. The van der Waals surface area contributed by atoms with E-state index in [2.05, 4.69) is 9.89 Å². The van der Waals surface area contributed by atoms with Crippen LogP contribution in [-0.4, -0.2) is 30.5 Å². The van der Waals surface area contributed by atoms with Crippen molar-refractivity contribution in [1.82, 2.24) is 4.90 Å². The number of nitrogens with zero attached hydrogens (tertiary/aromatic N) is 2. The molecule has 0 saturated heterocycles. The van der Waals surface area contributed by atoms with Crippen LogP contribution < -0.4 is 5.73 Å². The normalized spacial score (nSPS) is 21.3. The predicted molar refractivity (Wildman–Crippen MR) is 74.6 cm³/mol. The lowest BCUT2D eigenvalue weighted by Gasteiger charge is -2.19. The molecule has 2 aliphatic rings. The number of hydrogen-bond acceptors (Lipinski definition) is 1. The van der Waals surface area contributed by atoms with Crippen LogP contribution >= 0.6 is 0 Å². The first-order valence-corrected chi connectivity index (χ1v) is 6.90. The summed E-state index contributed by atoms with van der Waals surface area (Å²) in [5.41, 5.74) is 7.29. The summed E-state index contributed by atoms with van der Waals surface area (Å²) in [6.45, 7) is 0.710. The first kappa shape index (κ1) is 12.5. The van der Waals surface area contributed by atoms with E-state index < -0.39 is 0 Å². The summed E-state index contributed by atoms with van der Waals surface area (Å²) in [7, 11) is 2.01. The lowest BCUT2D eigenvalue weighted by molar-refractivity contribution is 0.485. The van der Waals surface area contributed by atoms with E-state index in [1.807, 2.05) is 19.2 Å². The predicted octanol–water partition coefficient (Wildman–Crippen LogP) is 2.27. The van der Waals surface area contributed by atoms with Crippen LogP contribution in [0, 0.1) is 5.82 Å². The maximum absolute atomic E-state index is 13.0. The molecule has 0 heterocycles. The molecular weight excluding hydrogens is 241 g/mol. The first-order chi connectivity index (χ1) is 9.11. The molecule has 0 aromatic heterocycles. The molecule has 0 amide bonds. The van der Waals surface area contributed by atoms with Crippen LogP contribution in [0.2, 0.25) is 0 Å². The van der Waals surface area contributed by atoms with E-state index in [0.717, 1.165) is 12.8 Å². The summed E-state index contributed by atoms with van der Waals surface area (Å²) in [5, 5.41) is 0. The van der Waals surface area contributed by atoms with Gasteiger partial charge in [-0.2, -0.15) is 0 Å². The third kappa shape index (κ3) is 2.57. The molecule has 2 N–H and O–H groups in total. The number of nitrogens with two attached hydrogens (primary N) is 1. The van der Waals surface area contributed by atoms with Crippen molar-refractivity contribution in [3.05, 3.63) is 35.6 Å². The Balaban J connectivity index is 1.68. The highest BCUT2D eigenvalue weighted by atomic mass is 19.1. The van der Waals surface area contributed by atoms with Gasteiger partial charge in [-0.15, -0.1) is 0 Å². The van der Waals surface area contributed by atoms with Gasteiger partial charge >= 0.3 is 0 Å². The average Bonchev–Trinajstić information content (AvgIpc) is 3.28. The monoisotopic (exact) mass is 261 g/mol. The van der Waals surface area contributed by atoms with Gasteiger partial charge in [0.25, 0.3) is 0 Å². The van der Waals surface area contributed by atoms with Crippen molar-refractivity contribution >= 4 is 5.96 Å². The Bertz CT molecular complexity index is 487. The fourth-order valence-electron chi connectivity index (χ4n) is 2.49. The van der Waals surface area contributed by atoms with Gasteiger partial charge in [0.1, 0.15) is 5.82 Å². The molecule has 2 saturated carbocycles. The third-order valence-corrected chi connectivity index (χ3v) is 4.31. The fourth-order valence-corrected chi connectivity index (χ4v) is 2.49. The molecule has 2 aliphatic carbocycles. The number of aliphatic imine (C=N–C) groups is 1. The van der Waals surface area contributed by atoms with Crippen molar-refractivity contribution in [2.45, 2.75) is 37.1 Å². The zero-order valence-electron chi connectivity index (χ0n) is 11.3. The summed E-state index contributed by atoms with van der Waals surface area (Å²) in [6.07, 6.45) is 4.66. The zero-order chi connectivity index (χ0) is 13.5. The molecule has 2 fully saturated rings. The van der Waals surface area contributed by atoms with E-state index in [4.69, 9.17) is 5.73 Å².